The van der Waals surface area contributed by atoms with E-state index in [2.05, 4.69) is 31.3 Å². The molecule has 2 aromatic rings. The molecule has 0 saturated carbocycles. The molecule has 2 saturated heterocycles. The van der Waals surface area contributed by atoms with Crippen molar-refractivity contribution in [2.75, 3.05) is 31.1 Å². The van der Waals surface area contributed by atoms with Crippen molar-refractivity contribution in [2.24, 2.45) is 7.05 Å². The maximum atomic E-state index is 12.7. The highest BCUT2D eigenvalue weighted by molar-refractivity contribution is 5.74. The number of hydrogen-bond donors (Lipinski definition) is 2. The van der Waals surface area contributed by atoms with Crippen LogP contribution in [0.2, 0.25) is 0 Å². The first-order chi connectivity index (χ1) is 13.1. The largest absolute Gasteiger partial charge is 0.355 e. The third-order valence-corrected chi connectivity index (χ3v) is 5.79. The van der Waals surface area contributed by atoms with Crippen molar-refractivity contribution in [1.29, 1.82) is 0 Å². The van der Waals surface area contributed by atoms with Crippen LogP contribution in [0.15, 0.2) is 18.6 Å². The lowest BCUT2D eigenvalue weighted by atomic mass is 9.94. The number of carbonyl (C=O) groups excluding carboxylic acids is 1. The van der Waals surface area contributed by atoms with Crippen LogP contribution in [0, 0.1) is 6.92 Å². The van der Waals surface area contributed by atoms with Crippen LogP contribution in [0.25, 0.3) is 0 Å². The topological polar surface area (TPSA) is 82.1 Å². The molecule has 8 heteroatoms. The number of carbonyl (C=O) groups is 1. The van der Waals surface area contributed by atoms with Crippen molar-refractivity contribution >= 4 is 11.8 Å². The molecule has 0 radical (unpaired) electrons. The molecule has 0 spiro atoms. The summed E-state index contributed by atoms with van der Waals surface area (Å²) in [6, 6.07) is 2.38. The predicted octanol–water partition coefficient (Wildman–Crippen LogP) is 2.01. The molecule has 0 aromatic carbocycles. The van der Waals surface area contributed by atoms with Gasteiger partial charge in [0.1, 0.15) is 5.82 Å². The van der Waals surface area contributed by atoms with Crippen molar-refractivity contribution in [3.05, 3.63) is 30.0 Å². The standard InChI is InChI=1S/C19H29N7O/c1-14-10-18(24(2)23-14)26-7-3-4-16(12-26)22-19(27)25-8-5-15(6-9-25)17-11-20-13-21-17/h10-11,13,15-16H,3-9,12H2,1-2H3,(H,20,21)(H,22,27). The number of aromatic nitrogens is 4. The van der Waals surface area contributed by atoms with Gasteiger partial charge in [-0.2, -0.15) is 5.10 Å². The minimum atomic E-state index is 0.0751. The molecule has 27 heavy (non-hydrogen) atoms. The fraction of sp³-hybridized carbons (Fsp3) is 0.632. The summed E-state index contributed by atoms with van der Waals surface area (Å²) in [6.45, 7) is 5.47. The highest BCUT2D eigenvalue weighted by Gasteiger charge is 2.28. The van der Waals surface area contributed by atoms with Crippen LogP contribution in [0.1, 0.15) is 43.0 Å². The summed E-state index contributed by atoms with van der Waals surface area (Å²) in [4.78, 5) is 24.3. The van der Waals surface area contributed by atoms with E-state index in [9.17, 15) is 4.79 Å². The average Bonchev–Trinajstić information content (AvgIpc) is 3.32. The van der Waals surface area contributed by atoms with E-state index < -0.39 is 0 Å². The molecule has 4 heterocycles. The van der Waals surface area contributed by atoms with Gasteiger partial charge < -0.3 is 20.1 Å². The van der Waals surface area contributed by atoms with Crippen molar-refractivity contribution < 1.29 is 4.79 Å². The zero-order valence-electron chi connectivity index (χ0n) is 16.2. The lowest BCUT2D eigenvalue weighted by Gasteiger charge is -2.37. The van der Waals surface area contributed by atoms with Gasteiger partial charge in [0.05, 0.1) is 12.0 Å². The molecule has 4 rings (SSSR count). The van der Waals surface area contributed by atoms with Crippen LogP contribution in [-0.2, 0) is 7.05 Å². The Morgan fingerprint density at radius 1 is 1.26 bits per heavy atom. The number of piperidine rings is 2. The summed E-state index contributed by atoms with van der Waals surface area (Å²) < 4.78 is 1.93. The van der Waals surface area contributed by atoms with E-state index in [4.69, 9.17) is 0 Å². The monoisotopic (exact) mass is 371 g/mol. The Morgan fingerprint density at radius 2 is 2.07 bits per heavy atom. The van der Waals surface area contributed by atoms with E-state index >= 15 is 0 Å². The number of imidazole rings is 1. The second-order valence-corrected chi connectivity index (χ2v) is 7.77. The molecular weight excluding hydrogens is 342 g/mol. The predicted molar refractivity (Wildman–Crippen MR) is 104 cm³/mol. The van der Waals surface area contributed by atoms with Gasteiger partial charge in [0.25, 0.3) is 0 Å². The third kappa shape index (κ3) is 3.94. The van der Waals surface area contributed by atoms with Crippen LogP contribution >= 0.6 is 0 Å². The minimum Gasteiger partial charge on any atom is -0.355 e. The normalized spacial score (nSPS) is 21.5. The van der Waals surface area contributed by atoms with Crippen molar-refractivity contribution in [1.82, 2.24) is 30.0 Å². The van der Waals surface area contributed by atoms with Crippen molar-refractivity contribution in [3.8, 4) is 0 Å². The third-order valence-electron chi connectivity index (χ3n) is 5.79. The van der Waals surface area contributed by atoms with Gasteiger partial charge >= 0.3 is 6.03 Å². The van der Waals surface area contributed by atoms with E-state index in [0.717, 1.165) is 63.4 Å². The molecule has 0 aliphatic carbocycles. The number of aryl methyl sites for hydroxylation is 2. The fourth-order valence-corrected chi connectivity index (χ4v) is 4.35. The number of nitrogens with one attached hydrogen (secondary N) is 2. The summed E-state index contributed by atoms with van der Waals surface area (Å²) in [7, 11) is 1.98. The lowest BCUT2D eigenvalue weighted by Crippen LogP contribution is -2.53. The van der Waals surface area contributed by atoms with Gasteiger partial charge in [-0.25, -0.2) is 9.78 Å². The van der Waals surface area contributed by atoms with E-state index in [1.165, 1.54) is 5.69 Å². The molecule has 8 nitrogen and oxygen atoms in total. The maximum Gasteiger partial charge on any atom is 0.317 e. The van der Waals surface area contributed by atoms with Gasteiger partial charge in [0.2, 0.25) is 0 Å². The number of nitrogens with zero attached hydrogens (tertiary/aromatic N) is 5. The summed E-state index contributed by atoms with van der Waals surface area (Å²) >= 11 is 0. The number of amides is 2. The second-order valence-electron chi connectivity index (χ2n) is 7.77. The first kappa shape index (κ1) is 17.9. The average molecular weight is 371 g/mol. The number of aromatic amines is 1. The molecule has 0 bridgehead atoms. The molecule has 2 aromatic heterocycles. The van der Waals surface area contributed by atoms with Gasteiger partial charge in [-0.1, -0.05) is 0 Å². The zero-order chi connectivity index (χ0) is 18.8. The molecule has 1 unspecified atom stereocenters. The Hall–Kier alpha value is -2.51. The summed E-state index contributed by atoms with van der Waals surface area (Å²) in [5.41, 5.74) is 2.21. The smallest absolute Gasteiger partial charge is 0.317 e. The first-order valence-corrected chi connectivity index (χ1v) is 9.89. The van der Waals surface area contributed by atoms with Gasteiger partial charge in [-0.15, -0.1) is 0 Å². The van der Waals surface area contributed by atoms with E-state index in [-0.39, 0.29) is 12.1 Å². The Labute approximate surface area is 159 Å². The van der Waals surface area contributed by atoms with Crippen LogP contribution in [0.3, 0.4) is 0 Å². The Kier molecular flexibility index (Phi) is 5.05. The lowest BCUT2D eigenvalue weighted by molar-refractivity contribution is 0.176. The molecule has 2 fully saturated rings. The number of hydrogen-bond acceptors (Lipinski definition) is 4. The van der Waals surface area contributed by atoms with Crippen LogP contribution in [0.4, 0.5) is 10.6 Å². The van der Waals surface area contributed by atoms with Gasteiger partial charge in [0, 0.05) is 63.1 Å². The zero-order valence-corrected chi connectivity index (χ0v) is 16.2. The molecular formula is C19H29N7O. The second kappa shape index (κ2) is 7.62. The highest BCUT2D eigenvalue weighted by Crippen LogP contribution is 2.26. The molecule has 2 aliphatic rings. The minimum absolute atomic E-state index is 0.0751. The number of rotatable bonds is 3. The van der Waals surface area contributed by atoms with Crippen molar-refractivity contribution in [3.63, 3.8) is 0 Å². The van der Waals surface area contributed by atoms with Gasteiger partial charge in [-0.3, -0.25) is 4.68 Å². The van der Waals surface area contributed by atoms with E-state index in [0.29, 0.717) is 5.92 Å². The molecule has 146 valence electrons. The van der Waals surface area contributed by atoms with Crippen LogP contribution < -0.4 is 10.2 Å². The van der Waals surface area contributed by atoms with Crippen LogP contribution in [-0.4, -0.2) is 62.9 Å². The Bertz CT molecular complexity index is 761. The molecule has 2 aliphatic heterocycles. The number of anilines is 1. The summed E-state index contributed by atoms with van der Waals surface area (Å²) in [6.07, 6.45) is 7.71. The maximum absolute atomic E-state index is 12.7. The van der Waals surface area contributed by atoms with E-state index in [1.807, 2.05) is 29.7 Å². The van der Waals surface area contributed by atoms with Crippen LogP contribution in [0.5, 0.6) is 0 Å². The number of likely N-dealkylation sites (tertiary alicyclic amines) is 1. The van der Waals surface area contributed by atoms with Gasteiger partial charge in [-0.05, 0) is 32.6 Å². The Morgan fingerprint density at radius 3 is 2.74 bits per heavy atom. The quantitative estimate of drug-likeness (QED) is 0.865. The van der Waals surface area contributed by atoms with Crippen molar-refractivity contribution in [2.45, 2.75) is 44.6 Å². The first-order valence-electron chi connectivity index (χ1n) is 9.89. The number of H-pyrrole nitrogens is 1. The Balaban J connectivity index is 1.30. The number of urea groups is 1. The molecule has 1 atom stereocenters. The molecule has 2 amide bonds. The SMILES string of the molecule is Cc1cc(N2CCCC(NC(=O)N3CCC(c4cnc[nH]4)CC3)C2)n(C)n1. The summed E-state index contributed by atoms with van der Waals surface area (Å²) in [5.74, 6) is 1.61. The summed E-state index contributed by atoms with van der Waals surface area (Å²) in [5, 5.41) is 7.71. The fourth-order valence-electron chi connectivity index (χ4n) is 4.35. The van der Waals surface area contributed by atoms with Gasteiger partial charge in [0.15, 0.2) is 0 Å². The molecule has 2 N–H and O–H groups in total. The van der Waals surface area contributed by atoms with E-state index in [1.54, 1.807) is 6.33 Å². The highest BCUT2D eigenvalue weighted by atomic mass is 16.2.